The van der Waals surface area contributed by atoms with Crippen molar-refractivity contribution in [3.63, 3.8) is 0 Å². The van der Waals surface area contributed by atoms with Gasteiger partial charge in [-0.05, 0) is 31.4 Å². The van der Waals surface area contributed by atoms with Crippen LogP contribution in [-0.2, 0) is 4.79 Å². The van der Waals surface area contributed by atoms with E-state index in [4.69, 9.17) is 4.74 Å². The molecular formula is C15H21NO3. The van der Waals surface area contributed by atoms with Gasteiger partial charge in [0, 0.05) is 13.1 Å². The van der Waals surface area contributed by atoms with E-state index in [0.717, 1.165) is 12.0 Å². The van der Waals surface area contributed by atoms with E-state index in [9.17, 15) is 9.90 Å². The van der Waals surface area contributed by atoms with Crippen LogP contribution >= 0.6 is 0 Å². The Kier molecular flexibility index (Phi) is 4.43. The number of carbonyl (C=O) groups is 1. The fourth-order valence-electron chi connectivity index (χ4n) is 2.15. The van der Waals surface area contributed by atoms with Gasteiger partial charge in [0.05, 0.1) is 6.10 Å². The lowest BCUT2D eigenvalue weighted by molar-refractivity contribution is -0.137. The van der Waals surface area contributed by atoms with Crippen molar-refractivity contribution < 1.29 is 14.6 Å². The number of β-amino-alcohol motifs (C(OH)–C–C–N with tert-alkyl or cyclic N) is 1. The van der Waals surface area contributed by atoms with E-state index in [0.29, 0.717) is 18.8 Å². The lowest BCUT2D eigenvalue weighted by Gasteiger charge is -2.34. The number of aliphatic hydroxyl groups is 1. The topological polar surface area (TPSA) is 49.8 Å². The standard InChI is InChI=1S/C15H21NO3/c1-11-3-5-13(6-4-11)19-10-15(18)16-8-7-12(2)14(17)9-16/h3-6,12,14,17H,7-10H2,1-2H3. The summed E-state index contributed by atoms with van der Waals surface area (Å²) >= 11 is 0. The Labute approximate surface area is 114 Å². The maximum absolute atomic E-state index is 12.0. The highest BCUT2D eigenvalue weighted by Gasteiger charge is 2.27. The molecule has 0 saturated carbocycles. The average Bonchev–Trinajstić information content (AvgIpc) is 2.41. The molecule has 0 aromatic heterocycles. The Balaban J connectivity index is 1.83. The fraction of sp³-hybridized carbons (Fsp3) is 0.533. The van der Waals surface area contributed by atoms with Crippen molar-refractivity contribution in [2.24, 2.45) is 5.92 Å². The Morgan fingerprint density at radius 1 is 1.42 bits per heavy atom. The number of rotatable bonds is 3. The molecule has 1 fully saturated rings. The molecule has 0 radical (unpaired) electrons. The summed E-state index contributed by atoms with van der Waals surface area (Å²) in [5.74, 6) is 0.901. The Morgan fingerprint density at radius 3 is 2.74 bits per heavy atom. The van der Waals surface area contributed by atoms with Crippen LogP contribution in [0.2, 0.25) is 0 Å². The molecule has 1 aromatic carbocycles. The number of aryl methyl sites for hydroxylation is 1. The summed E-state index contributed by atoms with van der Waals surface area (Å²) in [7, 11) is 0. The highest BCUT2D eigenvalue weighted by molar-refractivity contribution is 5.77. The number of nitrogens with zero attached hydrogens (tertiary/aromatic N) is 1. The first-order chi connectivity index (χ1) is 9.06. The Morgan fingerprint density at radius 2 is 2.11 bits per heavy atom. The quantitative estimate of drug-likeness (QED) is 0.901. The zero-order valence-corrected chi connectivity index (χ0v) is 11.5. The number of carbonyl (C=O) groups excluding carboxylic acids is 1. The summed E-state index contributed by atoms with van der Waals surface area (Å²) in [5.41, 5.74) is 1.16. The molecule has 1 aliphatic rings. The van der Waals surface area contributed by atoms with Gasteiger partial charge in [-0.3, -0.25) is 4.79 Å². The van der Waals surface area contributed by atoms with E-state index in [-0.39, 0.29) is 18.4 Å². The molecular weight excluding hydrogens is 242 g/mol. The van der Waals surface area contributed by atoms with Gasteiger partial charge in [0.25, 0.3) is 5.91 Å². The maximum Gasteiger partial charge on any atom is 0.260 e. The third kappa shape index (κ3) is 3.70. The SMILES string of the molecule is Cc1ccc(OCC(=O)N2CCC(C)C(O)C2)cc1. The molecule has 1 aliphatic heterocycles. The molecule has 1 heterocycles. The third-order valence-electron chi connectivity index (χ3n) is 3.65. The summed E-state index contributed by atoms with van der Waals surface area (Å²) in [6, 6.07) is 7.61. The van der Waals surface area contributed by atoms with Crippen LogP contribution in [0.4, 0.5) is 0 Å². The lowest BCUT2D eigenvalue weighted by atomic mass is 9.96. The average molecular weight is 263 g/mol. The molecule has 0 spiro atoms. The molecule has 1 N–H and O–H groups in total. The van der Waals surface area contributed by atoms with Crippen LogP contribution in [0.3, 0.4) is 0 Å². The van der Waals surface area contributed by atoms with Gasteiger partial charge in [-0.25, -0.2) is 0 Å². The molecule has 0 bridgehead atoms. The van der Waals surface area contributed by atoms with Gasteiger partial charge in [-0.2, -0.15) is 0 Å². The van der Waals surface area contributed by atoms with Crippen LogP contribution in [0.25, 0.3) is 0 Å². The number of amides is 1. The summed E-state index contributed by atoms with van der Waals surface area (Å²) in [6.45, 7) is 5.16. The normalized spacial score (nSPS) is 23.2. The second-order valence-electron chi connectivity index (χ2n) is 5.27. The minimum Gasteiger partial charge on any atom is -0.484 e. The number of benzene rings is 1. The third-order valence-corrected chi connectivity index (χ3v) is 3.65. The molecule has 19 heavy (non-hydrogen) atoms. The number of likely N-dealkylation sites (tertiary alicyclic amines) is 1. The van der Waals surface area contributed by atoms with E-state index in [1.165, 1.54) is 0 Å². The lowest BCUT2D eigenvalue weighted by Crippen LogP contribution is -2.47. The fourth-order valence-corrected chi connectivity index (χ4v) is 2.15. The number of hydrogen-bond donors (Lipinski definition) is 1. The Bertz CT molecular complexity index is 430. The predicted molar refractivity (Wildman–Crippen MR) is 73.0 cm³/mol. The predicted octanol–water partition coefficient (Wildman–Crippen LogP) is 1.60. The van der Waals surface area contributed by atoms with E-state index in [2.05, 4.69) is 0 Å². The Hall–Kier alpha value is -1.55. The van der Waals surface area contributed by atoms with Crippen LogP contribution in [0.1, 0.15) is 18.9 Å². The maximum atomic E-state index is 12.0. The summed E-state index contributed by atoms with van der Waals surface area (Å²) in [6.07, 6.45) is 0.425. The second kappa shape index (κ2) is 6.06. The van der Waals surface area contributed by atoms with Gasteiger partial charge in [0.15, 0.2) is 6.61 Å². The monoisotopic (exact) mass is 263 g/mol. The zero-order chi connectivity index (χ0) is 13.8. The van der Waals surface area contributed by atoms with Gasteiger partial charge >= 0.3 is 0 Å². The first-order valence-corrected chi connectivity index (χ1v) is 6.71. The number of aliphatic hydroxyl groups excluding tert-OH is 1. The van der Waals surface area contributed by atoms with Crippen LogP contribution < -0.4 is 4.74 Å². The van der Waals surface area contributed by atoms with Gasteiger partial charge in [0.1, 0.15) is 5.75 Å². The largest absolute Gasteiger partial charge is 0.484 e. The second-order valence-corrected chi connectivity index (χ2v) is 5.27. The molecule has 2 atom stereocenters. The summed E-state index contributed by atoms with van der Waals surface area (Å²) in [5, 5.41) is 9.78. The molecule has 104 valence electrons. The van der Waals surface area contributed by atoms with Crippen LogP contribution in [0.5, 0.6) is 5.75 Å². The summed E-state index contributed by atoms with van der Waals surface area (Å²) in [4.78, 5) is 13.7. The molecule has 2 unspecified atom stereocenters. The van der Waals surface area contributed by atoms with Crippen molar-refractivity contribution in [3.8, 4) is 5.75 Å². The van der Waals surface area contributed by atoms with Crippen molar-refractivity contribution in [2.75, 3.05) is 19.7 Å². The number of hydrogen-bond acceptors (Lipinski definition) is 3. The van der Waals surface area contributed by atoms with E-state index in [1.807, 2.05) is 38.1 Å². The van der Waals surface area contributed by atoms with Gasteiger partial charge in [0.2, 0.25) is 0 Å². The van der Waals surface area contributed by atoms with E-state index in [1.54, 1.807) is 4.90 Å². The minimum atomic E-state index is -0.419. The molecule has 4 heteroatoms. The molecule has 1 aromatic rings. The summed E-state index contributed by atoms with van der Waals surface area (Å²) < 4.78 is 5.47. The van der Waals surface area contributed by atoms with Crippen LogP contribution in [-0.4, -0.2) is 41.7 Å². The first-order valence-electron chi connectivity index (χ1n) is 6.71. The molecule has 0 aliphatic carbocycles. The van der Waals surface area contributed by atoms with Crippen molar-refractivity contribution in [1.82, 2.24) is 4.90 Å². The highest BCUT2D eigenvalue weighted by atomic mass is 16.5. The zero-order valence-electron chi connectivity index (χ0n) is 11.5. The molecule has 2 rings (SSSR count). The van der Waals surface area contributed by atoms with Crippen LogP contribution in [0, 0.1) is 12.8 Å². The molecule has 4 nitrogen and oxygen atoms in total. The van der Waals surface area contributed by atoms with Gasteiger partial charge in [-0.1, -0.05) is 24.6 Å². The van der Waals surface area contributed by atoms with Crippen LogP contribution in [0.15, 0.2) is 24.3 Å². The van der Waals surface area contributed by atoms with Crippen molar-refractivity contribution in [2.45, 2.75) is 26.4 Å². The van der Waals surface area contributed by atoms with Crippen molar-refractivity contribution in [1.29, 1.82) is 0 Å². The first kappa shape index (κ1) is 13.9. The van der Waals surface area contributed by atoms with E-state index < -0.39 is 6.10 Å². The molecule has 1 amide bonds. The van der Waals surface area contributed by atoms with E-state index >= 15 is 0 Å². The number of ether oxygens (including phenoxy) is 1. The molecule has 1 saturated heterocycles. The van der Waals surface area contributed by atoms with Crippen molar-refractivity contribution >= 4 is 5.91 Å². The number of piperidine rings is 1. The van der Waals surface area contributed by atoms with Gasteiger partial charge < -0.3 is 14.7 Å². The van der Waals surface area contributed by atoms with Gasteiger partial charge in [-0.15, -0.1) is 0 Å². The highest BCUT2D eigenvalue weighted by Crippen LogP contribution is 2.17. The minimum absolute atomic E-state index is 0.0319. The smallest absolute Gasteiger partial charge is 0.260 e. The van der Waals surface area contributed by atoms with Crippen molar-refractivity contribution in [3.05, 3.63) is 29.8 Å².